The van der Waals surface area contributed by atoms with Gasteiger partial charge in [-0.2, -0.15) is 0 Å². The normalized spacial score (nSPS) is 11.7. The molecule has 18 heavy (non-hydrogen) atoms. The Morgan fingerprint density at radius 2 is 1.22 bits per heavy atom. The highest BCUT2D eigenvalue weighted by molar-refractivity contribution is 6.60. The van der Waals surface area contributed by atoms with E-state index in [1.165, 1.54) is 32.1 Å². The van der Waals surface area contributed by atoms with Crippen molar-refractivity contribution >= 4 is 15.1 Å². The lowest BCUT2D eigenvalue weighted by molar-refractivity contribution is -0.107. The van der Waals surface area contributed by atoms with E-state index in [1.54, 1.807) is 21.3 Å². The molecule has 0 N–H and O–H groups in total. The van der Waals surface area contributed by atoms with Crippen LogP contribution in [0.3, 0.4) is 0 Å². The SMILES string of the molecule is CO[Si](CCCCCCCCCC=O)(OC)OC. The summed E-state index contributed by atoms with van der Waals surface area (Å²) in [6.45, 7) is 0. The van der Waals surface area contributed by atoms with E-state index >= 15 is 0 Å². The Balaban J connectivity index is 3.41. The lowest BCUT2D eigenvalue weighted by atomic mass is 10.1. The zero-order chi connectivity index (χ0) is 13.7. The molecule has 0 heterocycles. The summed E-state index contributed by atoms with van der Waals surface area (Å²) in [5.41, 5.74) is 0. The first-order valence-corrected chi connectivity index (χ1v) is 8.77. The third-order valence-corrected chi connectivity index (χ3v) is 6.07. The molecule has 0 aliphatic rings. The monoisotopic (exact) mass is 276 g/mol. The Kier molecular flexibility index (Phi) is 11.7. The van der Waals surface area contributed by atoms with E-state index < -0.39 is 8.80 Å². The van der Waals surface area contributed by atoms with E-state index in [9.17, 15) is 4.79 Å². The summed E-state index contributed by atoms with van der Waals surface area (Å²) in [5, 5.41) is 0. The maximum Gasteiger partial charge on any atom is 0.500 e. The van der Waals surface area contributed by atoms with Crippen LogP contribution < -0.4 is 0 Å². The summed E-state index contributed by atoms with van der Waals surface area (Å²) in [7, 11) is 2.63. The van der Waals surface area contributed by atoms with E-state index in [2.05, 4.69) is 0 Å². The smallest absolute Gasteiger partial charge is 0.377 e. The van der Waals surface area contributed by atoms with Crippen molar-refractivity contribution in [2.45, 2.75) is 57.4 Å². The van der Waals surface area contributed by atoms with Gasteiger partial charge in [0.05, 0.1) is 0 Å². The lowest BCUT2D eigenvalue weighted by Gasteiger charge is -2.24. The van der Waals surface area contributed by atoms with E-state index in [-0.39, 0.29) is 0 Å². The molecule has 0 aliphatic carbocycles. The quantitative estimate of drug-likeness (QED) is 0.294. The standard InChI is InChI=1S/C13H28O4Si/c1-15-18(16-2,17-3)13-11-9-7-5-4-6-8-10-12-14/h12H,4-11,13H2,1-3H3. The van der Waals surface area contributed by atoms with Crippen LogP contribution in [-0.4, -0.2) is 36.4 Å². The van der Waals surface area contributed by atoms with Crippen molar-refractivity contribution in [2.24, 2.45) is 0 Å². The van der Waals surface area contributed by atoms with Gasteiger partial charge in [0.1, 0.15) is 6.29 Å². The summed E-state index contributed by atoms with van der Waals surface area (Å²) < 4.78 is 16.1. The molecule has 0 bridgehead atoms. The molecule has 108 valence electrons. The van der Waals surface area contributed by atoms with Crippen LogP contribution >= 0.6 is 0 Å². The molecular formula is C13H28O4Si. The molecule has 0 aromatic rings. The predicted molar refractivity (Wildman–Crippen MR) is 74.6 cm³/mol. The number of carbonyl (C=O) groups is 1. The number of hydrogen-bond donors (Lipinski definition) is 0. The Labute approximate surface area is 112 Å². The van der Waals surface area contributed by atoms with E-state index in [1.807, 2.05) is 0 Å². The zero-order valence-corrected chi connectivity index (χ0v) is 13.1. The maximum atomic E-state index is 10.1. The average Bonchev–Trinajstić information content (AvgIpc) is 2.42. The van der Waals surface area contributed by atoms with Gasteiger partial charge in [-0.15, -0.1) is 0 Å². The van der Waals surface area contributed by atoms with E-state index in [0.717, 1.165) is 25.2 Å². The third kappa shape index (κ3) is 7.97. The maximum absolute atomic E-state index is 10.1. The summed E-state index contributed by atoms with van der Waals surface area (Å²) in [6.07, 6.45) is 9.93. The van der Waals surface area contributed by atoms with Crippen LogP contribution in [0.15, 0.2) is 0 Å². The fourth-order valence-corrected chi connectivity index (χ4v) is 3.80. The molecule has 0 saturated carbocycles. The second-order valence-electron chi connectivity index (χ2n) is 4.48. The van der Waals surface area contributed by atoms with E-state index in [4.69, 9.17) is 13.3 Å². The highest BCUT2D eigenvalue weighted by Gasteiger charge is 2.36. The first-order valence-electron chi connectivity index (χ1n) is 6.83. The number of carbonyl (C=O) groups excluding carboxylic acids is 1. The van der Waals surface area contributed by atoms with Gasteiger partial charge in [-0.25, -0.2) is 0 Å². The molecule has 0 radical (unpaired) electrons. The summed E-state index contributed by atoms with van der Waals surface area (Å²) >= 11 is 0. The predicted octanol–water partition coefficient (Wildman–Crippen LogP) is 3.18. The topological polar surface area (TPSA) is 44.8 Å². The molecule has 0 fully saturated rings. The van der Waals surface area contributed by atoms with Crippen LogP contribution in [0, 0.1) is 0 Å². The van der Waals surface area contributed by atoms with Crippen molar-refractivity contribution in [3.63, 3.8) is 0 Å². The van der Waals surface area contributed by atoms with Crippen LogP contribution in [0.25, 0.3) is 0 Å². The van der Waals surface area contributed by atoms with Gasteiger partial charge in [-0.05, 0) is 12.8 Å². The summed E-state index contributed by atoms with van der Waals surface area (Å²) in [4.78, 5) is 10.1. The van der Waals surface area contributed by atoms with E-state index in [0.29, 0.717) is 6.42 Å². The largest absolute Gasteiger partial charge is 0.500 e. The Bertz CT molecular complexity index is 187. The van der Waals surface area contributed by atoms with Crippen LogP contribution in [-0.2, 0) is 18.1 Å². The van der Waals surface area contributed by atoms with Gasteiger partial charge in [-0.3, -0.25) is 0 Å². The molecule has 4 nitrogen and oxygen atoms in total. The first kappa shape index (κ1) is 17.8. The fraction of sp³-hybridized carbons (Fsp3) is 0.923. The van der Waals surface area contributed by atoms with Crippen molar-refractivity contribution in [3.05, 3.63) is 0 Å². The fourth-order valence-electron chi connectivity index (χ4n) is 2.01. The van der Waals surface area contributed by atoms with Crippen LogP contribution in [0.5, 0.6) is 0 Å². The molecule has 0 saturated heterocycles. The van der Waals surface area contributed by atoms with Crippen molar-refractivity contribution in [3.8, 4) is 0 Å². The van der Waals surface area contributed by atoms with Crippen molar-refractivity contribution < 1.29 is 18.1 Å². The van der Waals surface area contributed by atoms with Gasteiger partial charge < -0.3 is 18.1 Å². The van der Waals surface area contributed by atoms with Gasteiger partial charge >= 0.3 is 8.80 Å². The highest BCUT2D eigenvalue weighted by Crippen LogP contribution is 2.18. The highest BCUT2D eigenvalue weighted by atomic mass is 28.4. The van der Waals surface area contributed by atoms with Crippen LogP contribution in [0.4, 0.5) is 0 Å². The second-order valence-corrected chi connectivity index (χ2v) is 7.57. The lowest BCUT2D eigenvalue weighted by Crippen LogP contribution is -2.42. The molecule has 5 heteroatoms. The number of unbranched alkanes of at least 4 members (excludes halogenated alkanes) is 7. The number of rotatable bonds is 13. The van der Waals surface area contributed by atoms with Crippen molar-refractivity contribution in [1.29, 1.82) is 0 Å². The molecule has 0 aliphatic heterocycles. The molecule has 0 atom stereocenters. The van der Waals surface area contributed by atoms with Gasteiger partial charge in [0.2, 0.25) is 0 Å². The van der Waals surface area contributed by atoms with Gasteiger partial charge in [0.25, 0.3) is 0 Å². The minimum atomic E-state index is -2.34. The van der Waals surface area contributed by atoms with Gasteiger partial charge in [-0.1, -0.05) is 32.1 Å². The van der Waals surface area contributed by atoms with Gasteiger partial charge in [0.15, 0.2) is 0 Å². The minimum Gasteiger partial charge on any atom is -0.377 e. The molecule has 0 aromatic heterocycles. The molecule has 0 amide bonds. The van der Waals surface area contributed by atoms with Crippen LogP contribution in [0.1, 0.15) is 51.4 Å². The minimum absolute atomic E-state index is 0.712. The Morgan fingerprint density at radius 1 is 0.778 bits per heavy atom. The van der Waals surface area contributed by atoms with Crippen molar-refractivity contribution in [1.82, 2.24) is 0 Å². The molecule has 0 unspecified atom stereocenters. The second kappa shape index (κ2) is 11.8. The summed E-state index contributed by atoms with van der Waals surface area (Å²) in [5.74, 6) is 0. The Hall–Kier alpha value is -0.233. The molecular weight excluding hydrogens is 248 g/mol. The van der Waals surface area contributed by atoms with Crippen molar-refractivity contribution in [2.75, 3.05) is 21.3 Å². The third-order valence-electron chi connectivity index (χ3n) is 3.24. The zero-order valence-electron chi connectivity index (χ0n) is 12.1. The Morgan fingerprint density at radius 3 is 1.67 bits per heavy atom. The van der Waals surface area contributed by atoms with Crippen LogP contribution in [0.2, 0.25) is 6.04 Å². The molecule has 0 rings (SSSR count). The number of hydrogen-bond acceptors (Lipinski definition) is 4. The average molecular weight is 276 g/mol. The van der Waals surface area contributed by atoms with Gasteiger partial charge in [0, 0.05) is 33.8 Å². The number of aldehydes is 1. The molecule has 0 aromatic carbocycles. The summed E-state index contributed by atoms with van der Waals surface area (Å²) in [6, 6.07) is 0.891. The first-order chi connectivity index (χ1) is 8.74. The molecule has 0 spiro atoms.